The van der Waals surface area contributed by atoms with Crippen LogP contribution in [0.25, 0.3) is 5.43 Å². The summed E-state index contributed by atoms with van der Waals surface area (Å²) in [4.78, 5) is 13.0. The molecule has 4 saturated heterocycles. The van der Waals surface area contributed by atoms with E-state index >= 15 is 0 Å². The Balaban J connectivity index is 1.41. The van der Waals surface area contributed by atoms with Crippen molar-refractivity contribution in [3.05, 3.63) is 5.43 Å². The average Bonchev–Trinajstić information content (AvgIpc) is 3.17. The van der Waals surface area contributed by atoms with Gasteiger partial charge >= 0.3 is 0 Å². The second-order valence-corrected chi connectivity index (χ2v) is 7.56. The van der Waals surface area contributed by atoms with Gasteiger partial charge < -0.3 is 26.8 Å². The molecule has 4 aliphatic rings. The Labute approximate surface area is 152 Å². The van der Waals surface area contributed by atoms with Crippen molar-refractivity contribution in [2.45, 2.75) is 50.1 Å². The van der Waals surface area contributed by atoms with Crippen LogP contribution >= 0.6 is 0 Å². The second-order valence-electron chi connectivity index (χ2n) is 7.56. The van der Waals surface area contributed by atoms with E-state index in [0.717, 1.165) is 19.6 Å². The van der Waals surface area contributed by atoms with Crippen LogP contribution in [0.3, 0.4) is 0 Å². The first-order valence-electron chi connectivity index (χ1n) is 9.40. The Morgan fingerprint density at radius 3 is 2.96 bits per heavy atom. The van der Waals surface area contributed by atoms with Gasteiger partial charge in [0.15, 0.2) is 0 Å². The Morgan fingerprint density at radius 2 is 2.19 bits per heavy atom. The van der Waals surface area contributed by atoms with Crippen LogP contribution in [0.5, 0.6) is 0 Å². The van der Waals surface area contributed by atoms with E-state index in [1.165, 1.54) is 0 Å². The van der Waals surface area contributed by atoms with Gasteiger partial charge in [-0.05, 0) is 19.9 Å². The molecule has 7 unspecified atom stereocenters. The van der Waals surface area contributed by atoms with Crippen LogP contribution < -0.4 is 32.4 Å². The summed E-state index contributed by atoms with van der Waals surface area (Å²) in [7, 11) is 0. The predicted molar refractivity (Wildman–Crippen MR) is 93.9 cm³/mol. The van der Waals surface area contributed by atoms with Gasteiger partial charge in [0.25, 0.3) is 0 Å². The molecule has 4 aliphatic heterocycles. The maximum Gasteiger partial charge on any atom is 0.226 e. The number of fused-ring (bicyclic) bond motifs is 1. The van der Waals surface area contributed by atoms with Crippen molar-refractivity contribution in [1.82, 2.24) is 36.7 Å². The van der Waals surface area contributed by atoms with Crippen LogP contribution in [0.2, 0.25) is 0 Å². The quantitative estimate of drug-likeness (QED) is 0.318. The van der Waals surface area contributed by atoms with Crippen molar-refractivity contribution >= 4 is 5.91 Å². The van der Waals surface area contributed by atoms with Gasteiger partial charge in [-0.2, -0.15) is 0 Å². The molecule has 0 spiro atoms. The molecule has 11 heteroatoms. The molecule has 0 saturated carbocycles. The number of alkyl halides is 1. The Hall–Kier alpha value is -0.920. The number of halogens is 1. The normalized spacial score (nSPS) is 44.8. The molecule has 0 bridgehead atoms. The number of hydrazine groups is 1. The number of nitrogens with two attached hydrogens (primary N) is 1. The van der Waals surface area contributed by atoms with E-state index in [1.54, 1.807) is 5.01 Å². The van der Waals surface area contributed by atoms with Crippen LogP contribution in [0.15, 0.2) is 0 Å². The summed E-state index contributed by atoms with van der Waals surface area (Å²) in [5.74, 6) is -0.647. The van der Waals surface area contributed by atoms with Crippen LogP contribution in [-0.2, 0) is 4.79 Å². The zero-order valence-corrected chi connectivity index (χ0v) is 15.0. The summed E-state index contributed by atoms with van der Waals surface area (Å²) in [6, 6.07) is 0.160. The summed E-state index contributed by atoms with van der Waals surface area (Å²) in [6.45, 7) is 4.84. The van der Waals surface area contributed by atoms with Gasteiger partial charge in [-0.15, -0.1) is 0 Å². The van der Waals surface area contributed by atoms with Gasteiger partial charge in [0.2, 0.25) is 5.91 Å². The van der Waals surface area contributed by atoms with E-state index in [9.17, 15) is 9.18 Å². The molecule has 0 radical (unpaired) electrons. The van der Waals surface area contributed by atoms with Gasteiger partial charge in [0, 0.05) is 25.7 Å². The van der Waals surface area contributed by atoms with Crippen LogP contribution in [0.1, 0.15) is 13.3 Å². The number of hydrogen-bond donors (Lipinski definition) is 6. The molecule has 148 valence electrons. The largest absolute Gasteiger partial charge is 0.578 e. The molecule has 26 heavy (non-hydrogen) atoms. The average molecular weight is 370 g/mol. The first kappa shape index (κ1) is 18.4. The topological polar surface area (TPSA) is 124 Å². The number of hydrogen-bond acceptors (Lipinski definition) is 8. The zero-order chi connectivity index (χ0) is 18.3. The summed E-state index contributed by atoms with van der Waals surface area (Å²) in [5, 5.41) is 16.7. The molecular formula is C15H29FN9O-. The second kappa shape index (κ2) is 7.60. The Morgan fingerprint density at radius 1 is 1.35 bits per heavy atom. The minimum atomic E-state index is -0.994. The van der Waals surface area contributed by atoms with E-state index in [4.69, 9.17) is 5.73 Å². The lowest BCUT2D eigenvalue weighted by atomic mass is 9.97. The van der Waals surface area contributed by atoms with Gasteiger partial charge in [-0.25, -0.2) is 14.8 Å². The number of carbonyl (C=O) groups is 1. The minimum absolute atomic E-state index is 0.0328. The third-order valence-electron chi connectivity index (χ3n) is 5.65. The summed E-state index contributed by atoms with van der Waals surface area (Å²) in [6.07, 6.45) is -0.827. The van der Waals surface area contributed by atoms with Crippen molar-refractivity contribution in [1.29, 1.82) is 0 Å². The highest BCUT2D eigenvalue weighted by Crippen LogP contribution is 2.31. The number of carbonyl (C=O) groups excluding carboxylic acids is 1. The molecule has 7 N–H and O–H groups in total. The fraction of sp³-hybridized carbons (Fsp3) is 0.933. The number of rotatable bonds is 3. The molecule has 0 aromatic rings. The fourth-order valence-corrected chi connectivity index (χ4v) is 4.33. The lowest BCUT2D eigenvalue weighted by Crippen LogP contribution is -2.64. The van der Waals surface area contributed by atoms with E-state index in [-0.39, 0.29) is 43.4 Å². The van der Waals surface area contributed by atoms with E-state index < -0.39 is 18.3 Å². The first-order valence-corrected chi connectivity index (χ1v) is 9.40. The SMILES string of the molecule is CC1NCN(C2CCNCC2NC(=O)C2C(N)[N-]N3CC(F)CNC23)N1. The summed E-state index contributed by atoms with van der Waals surface area (Å²) in [5.41, 5.74) is 13.7. The zero-order valence-electron chi connectivity index (χ0n) is 15.0. The van der Waals surface area contributed by atoms with Gasteiger partial charge in [-0.1, -0.05) is 6.17 Å². The maximum absolute atomic E-state index is 13.6. The molecule has 7 atom stereocenters. The van der Waals surface area contributed by atoms with Gasteiger partial charge in [-0.3, -0.25) is 15.4 Å². The van der Waals surface area contributed by atoms with Crippen LogP contribution in [0.4, 0.5) is 4.39 Å². The number of piperidine rings is 1. The molecule has 0 aliphatic carbocycles. The molecule has 4 heterocycles. The highest BCUT2D eigenvalue weighted by atomic mass is 19.1. The summed E-state index contributed by atoms with van der Waals surface area (Å²) >= 11 is 0. The summed E-state index contributed by atoms with van der Waals surface area (Å²) < 4.78 is 13.6. The van der Waals surface area contributed by atoms with Crippen LogP contribution in [-0.4, -0.2) is 85.5 Å². The van der Waals surface area contributed by atoms with Crippen molar-refractivity contribution in [3.8, 4) is 0 Å². The smallest absolute Gasteiger partial charge is 0.226 e. The lowest BCUT2D eigenvalue weighted by Gasteiger charge is -2.42. The van der Waals surface area contributed by atoms with Gasteiger partial charge in [0.1, 0.15) is 6.17 Å². The molecule has 10 nitrogen and oxygen atoms in total. The molecular weight excluding hydrogens is 341 g/mol. The first-order chi connectivity index (χ1) is 12.5. The molecule has 4 fully saturated rings. The lowest BCUT2D eigenvalue weighted by molar-refractivity contribution is -0.128. The number of nitrogens with one attached hydrogen (secondary N) is 5. The maximum atomic E-state index is 13.6. The molecule has 0 aromatic heterocycles. The number of nitrogens with zero attached hydrogens (tertiary/aromatic N) is 3. The highest BCUT2D eigenvalue weighted by molar-refractivity contribution is 5.81. The molecule has 4 rings (SSSR count). The van der Waals surface area contributed by atoms with E-state index in [1.807, 2.05) is 0 Å². The fourth-order valence-electron chi connectivity index (χ4n) is 4.33. The van der Waals surface area contributed by atoms with Crippen molar-refractivity contribution < 1.29 is 9.18 Å². The molecule has 0 aromatic carbocycles. The third-order valence-corrected chi connectivity index (χ3v) is 5.65. The third kappa shape index (κ3) is 3.58. The van der Waals surface area contributed by atoms with Crippen molar-refractivity contribution in [2.75, 3.05) is 32.8 Å². The van der Waals surface area contributed by atoms with E-state index in [0.29, 0.717) is 6.54 Å². The van der Waals surface area contributed by atoms with Crippen molar-refractivity contribution in [3.63, 3.8) is 0 Å². The highest BCUT2D eigenvalue weighted by Gasteiger charge is 2.42. The minimum Gasteiger partial charge on any atom is -0.578 e. The van der Waals surface area contributed by atoms with Crippen LogP contribution in [0, 0.1) is 5.92 Å². The number of amides is 1. The predicted octanol–water partition coefficient (Wildman–Crippen LogP) is -2.68. The van der Waals surface area contributed by atoms with Gasteiger partial charge in [0.05, 0.1) is 31.0 Å². The Bertz CT molecular complexity index is 525. The Kier molecular flexibility index (Phi) is 5.39. The molecule has 1 amide bonds. The van der Waals surface area contributed by atoms with E-state index in [2.05, 4.69) is 44.1 Å². The monoisotopic (exact) mass is 370 g/mol. The van der Waals surface area contributed by atoms with Crippen molar-refractivity contribution in [2.24, 2.45) is 11.7 Å². The standard InChI is InChI=1S/C15H29FN9O/c1-8-20-7-25(22-8)11-2-3-18-5-10(11)21-15(26)12-13(17)23-24-6-9(16)4-19-14(12)24/h8-14,18-20,22H,2-7,17H2,1H3,(H,21,26)/q-1.